The predicted octanol–water partition coefficient (Wildman–Crippen LogP) is 0.537. The lowest BCUT2D eigenvalue weighted by molar-refractivity contribution is -0.514. The molecule has 1 aromatic heterocycles. The van der Waals surface area contributed by atoms with Crippen LogP contribution in [0.2, 0.25) is 0 Å². The Bertz CT molecular complexity index is 710. The van der Waals surface area contributed by atoms with Gasteiger partial charge in [-0.05, 0) is 50.9 Å². The summed E-state index contributed by atoms with van der Waals surface area (Å²) in [6.45, 7) is 4.32. The first-order chi connectivity index (χ1) is 11.5. The SMILES string of the molecule is CS(=O)(=O)[n+]1cc(OCC2CCNCC2)ccc1C1=CCNCC1. The van der Waals surface area contributed by atoms with Gasteiger partial charge in [0.05, 0.1) is 12.9 Å². The van der Waals surface area contributed by atoms with Gasteiger partial charge in [-0.15, -0.1) is 0 Å². The molecule has 0 aliphatic carbocycles. The van der Waals surface area contributed by atoms with E-state index >= 15 is 0 Å². The maximum absolute atomic E-state index is 12.2. The van der Waals surface area contributed by atoms with Crippen molar-refractivity contribution in [3.8, 4) is 5.75 Å². The number of hydrogen-bond acceptors (Lipinski definition) is 5. The second-order valence-electron chi connectivity index (χ2n) is 6.50. The van der Waals surface area contributed by atoms with E-state index in [1.54, 1.807) is 6.20 Å². The summed E-state index contributed by atoms with van der Waals surface area (Å²) >= 11 is 0. The summed E-state index contributed by atoms with van der Waals surface area (Å²) in [6, 6.07) is 3.73. The quantitative estimate of drug-likeness (QED) is 0.757. The Morgan fingerprint density at radius 2 is 2.00 bits per heavy atom. The molecule has 6 nitrogen and oxygen atoms in total. The van der Waals surface area contributed by atoms with Crippen molar-refractivity contribution in [1.29, 1.82) is 0 Å². The van der Waals surface area contributed by atoms with Crippen LogP contribution in [-0.2, 0) is 10.0 Å². The number of hydrogen-bond donors (Lipinski definition) is 2. The normalized spacial score (nSPS) is 19.8. The molecule has 0 radical (unpaired) electrons. The number of nitrogens with zero attached hydrogens (tertiary/aromatic N) is 1. The van der Waals surface area contributed by atoms with Crippen LogP contribution in [0.1, 0.15) is 25.0 Å². The summed E-state index contributed by atoms with van der Waals surface area (Å²) in [6.07, 6.45) is 7.91. The van der Waals surface area contributed by atoms with Gasteiger partial charge in [0.25, 0.3) is 0 Å². The van der Waals surface area contributed by atoms with Crippen LogP contribution in [0.4, 0.5) is 0 Å². The predicted molar refractivity (Wildman–Crippen MR) is 93.4 cm³/mol. The third-order valence-corrected chi connectivity index (χ3v) is 5.60. The minimum absolute atomic E-state index is 0.532. The van der Waals surface area contributed by atoms with Crippen LogP contribution in [0.3, 0.4) is 0 Å². The highest BCUT2D eigenvalue weighted by Gasteiger charge is 2.26. The van der Waals surface area contributed by atoms with Gasteiger partial charge in [0.2, 0.25) is 11.9 Å². The van der Waals surface area contributed by atoms with Gasteiger partial charge in [0, 0.05) is 18.2 Å². The van der Waals surface area contributed by atoms with Crippen molar-refractivity contribution in [2.75, 3.05) is 39.0 Å². The Balaban J connectivity index is 1.80. The monoisotopic (exact) mass is 352 g/mol. The van der Waals surface area contributed by atoms with Gasteiger partial charge in [-0.3, -0.25) is 0 Å². The molecule has 24 heavy (non-hydrogen) atoms. The lowest BCUT2D eigenvalue weighted by Gasteiger charge is -2.22. The van der Waals surface area contributed by atoms with Gasteiger partial charge in [-0.2, -0.15) is 8.42 Å². The van der Waals surface area contributed by atoms with Crippen molar-refractivity contribution < 1.29 is 17.1 Å². The highest BCUT2D eigenvalue weighted by Crippen LogP contribution is 2.20. The van der Waals surface area contributed by atoms with Crippen molar-refractivity contribution in [3.05, 3.63) is 30.1 Å². The van der Waals surface area contributed by atoms with E-state index in [0.717, 1.165) is 56.7 Å². The molecule has 0 saturated carbocycles. The van der Waals surface area contributed by atoms with Gasteiger partial charge in [-0.1, -0.05) is 10.0 Å². The molecule has 0 bridgehead atoms. The molecule has 0 spiro atoms. The Kier molecular flexibility index (Phi) is 5.53. The van der Waals surface area contributed by atoms with E-state index in [1.165, 1.54) is 10.2 Å². The van der Waals surface area contributed by atoms with Gasteiger partial charge in [0.1, 0.15) is 0 Å². The third-order valence-electron chi connectivity index (χ3n) is 4.58. The molecule has 0 amide bonds. The van der Waals surface area contributed by atoms with Gasteiger partial charge >= 0.3 is 10.0 Å². The molecule has 1 fully saturated rings. The number of nitrogens with one attached hydrogen (secondary N) is 2. The molecule has 2 aliphatic rings. The molecule has 2 aliphatic heterocycles. The maximum Gasteiger partial charge on any atom is 0.367 e. The molecular formula is C17H26N3O3S+. The minimum atomic E-state index is -3.38. The smallest absolute Gasteiger partial charge is 0.367 e. The molecule has 132 valence electrons. The standard InChI is InChI=1S/C17H26N3O3S/c1-24(21,22)20-12-16(23-13-14-4-8-18-9-5-14)2-3-17(20)15-6-10-19-11-7-15/h2-3,6,12,14,18-19H,4-5,7-11,13H2,1H3/q+1. The number of pyridine rings is 1. The van der Waals surface area contributed by atoms with Gasteiger partial charge in [0.15, 0.2) is 5.75 Å². The minimum Gasteiger partial charge on any atom is -0.487 e. The molecular weight excluding hydrogens is 326 g/mol. The van der Waals surface area contributed by atoms with Gasteiger partial charge < -0.3 is 15.4 Å². The summed E-state index contributed by atoms with van der Waals surface area (Å²) in [4.78, 5) is 0. The van der Waals surface area contributed by atoms with Crippen LogP contribution < -0.4 is 19.3 Å². The van der Waals surface area contributed by atoms with Crippen molar-refractivity contribution >= 4 is 15.6 Å². The number of piperidine rings is 1. The van der Waals surface area contributed by atoms with Crippen LogP contribution in [0.5, 0.6) is 5.75 Å². The van der Waals surface area contributed by atoms with E-state index in [2.05, 4.69) is 16.7 Å². The summed E-state index contributed by atoms with van der Waals surface area (Å²) < 4.78 is 31.6. The number of aromatic nitrogens is 1. The Labute approximate surface area is 144 Å². The largest absolute Gasteiger partial charge is 0.487 e. The molecule has 3 heterocycles. The highest BCUT2D eigenvalue weighted by molar-refractivity contribution is 7.84. The molecule has 0 aromatic carbocycles. The molecule has 3 rings (SSSR count). The van der Waals surface area contributed by atoms with Crippen LogP contribution >= 0.6 is 0 Å². The Morgan fingerprint density at radius 3 is 2.67 bits per heavy atom. The first kappa shape index (κ1) is 17.4. The van der Waals surface area contributed by atoms with E-state index < -0.39 is 10.0 Å². The zero-order valence-corrected chi connectivity index (χ0v) is 14.9. The van der Waals surface area contributed by atoms with Crippen LogP contribution in [0, 0.1) is 5.92 Å². The van der Waals surface area contributed by atoms with Crippen molar-refractivity contribution in [1.82, 2.24) is 10.6 Å². The van der Waals surface area contributed by atoms with Crippen molar-refractivity contribution in [2.24, 2.45) is 5.92 Å². The second kappa shape index (κ2) is 7.63. The van der Waals surface area contributed by atoms with Crippen LogP contribution in [-0.4, -0.2) is 47.5 Å². The van der Waals surface area contributed by atoms with E-state index in [4.69, 9.17) is 4.74 Å². The summed E-state index contributed by atoms with van der Waals surface area (Å²) in [5.41, 5.74) is 1.79. The fraction of sp³-hybridized carbons (Fsp3) is 0.588. The maximum atomic E-state index is 12.2. The average Bonchev–Trinajstić information content (AvgIpc) is 2.61. The van der Waals surface area contributed by atoms with Gasteiger partial charge in [-0.25, -0.2) is 0 Å². The summed E-state index contributed by atoms with van der Waals surface area (Å²) in [5.74, 6) is 1.14. The molecule has 0 atom stereocenters. The average molecular weight is 352 g/mol. The topological polar surface area (TPSA) is 71.3 Å². The zero-order chi connectivity index (χ0) is 17.0. The Morgan fingerprint density at radius 1 is 1.21 bits per heavy atom. The number of rotatable bonds is 5. The second-order valence-corrected chi connectivity index (χ2v) is 8.36. The fourth-order valence-electron chi connectivity index (χ4n) is 3.19. The first-order valence-electron chi connectivity index (χ1n) is 8.54. The van der Waals surface area contributed by atoms with Crippen molar-refractivity contribution in [3.63, 3.8) is 0 Å². The fourth-order valence-corrected chi connectivity index (χ4v) is 4.02. The zero-order valence-electron chi connectivity index (χ0n) is 14.1. The van der Waals surface area contributed by atoms with Crippen molar-refractivity contribution in [2.45, 2.75) is 19.3 Å². The summed E-state index contributed by atoms with van der Waals surface area (Å²) in [5, 5.41) is 6.58. The van der Waals surface area contributed by atoms with E-state index in [9.17, 15) is 8.42 Å². The van der Waals surface area contributed by atoms with E-state index in [-0.39, 0.29) is 0 Å². The lowest BCUT2D eigenvalue weighted by atomic mass is 9.99. The van der Waals surface area contributed by atoms with E-state index in [0.29, 0.717) is 18.3 Å². The van der Waals surface area contributed by atoms with Crippen LogP contribution in [0.15, 0.2) is 24.4 Å². The van der Waals surface area contributed by atoms with Crippen LogP contribution in [0.25, 0.3) is 5.57 Å². The third kappa shape index (κ3) is 4.34. The number of ether oxygens (including phenoxy) is 1. The molecule has 7 heteroatoms. The molecule has 1 aromatic rings. The first-order valence-corrected chi connectivity index (χ1v) is 10.4. The highest BCUT2D eigenvalue weighted by atomic mass is 32.2. The summed E-state index contributed by atoms with van der Waals surface area (Å²) in [7, 11) is -3.38. The molecule has 0 unspecified atom stereocenters. The Hall–Kier alpha value is -1.44. The lowest BCUT2D eigenvalue weighted by Crippen LogP contribution is -2.45. The molecule has 2 N–H and O–H groups in total. The molecule has 1 saturated heterocycles. The van der Waals surface area contributed by atoms with E-state index in [1.807, 2.05) is 12.1 Å².